The molecule has 0 aliphatic rings. The van der Waals surface area contributed by atoms with Gasteiger partial charge in [0.15, 0.2) is 10.7 Å². The van der Waals surface area contributed by atoms with Crippen molar-refractivity contribution in [2.24, 2.45) is 0 Å². The van der Waals surface area contributed by atoms with Gasteiger partial charge in [0.1, 0.15) is 0 Å². The Hall–Kier alpha value is -4.03. The van der Waals surface area contributed by atoms with Crippen LogP contribution in [0.15, 0.2) is 90.4 Å². The van der Waals surface area contributed by atoms with Crippen molar-refractivity contribution in [3.63, 3.8) is 0 Å². The van der Waals surface area contributed by atoms with Gasteiger partial charge in [0.05, 0.1) is 11.3 Å². The molecule has 0 spiro atoms. The molecule has 5 nitrogen and oxygen atoms in total. The van der Waals surface area contributed by atoms with Gasteiger partial charge in [0.2, 0.25) is 0 Å². The maximum absolute atomic E-state index is 13.0. The normalized spacial score (nSPS) is 10.9. The van der Waals surface area contributed by atoms with Gasteiger partial charge in [-0.25, -0.2) is 4.98 Å². The monoisotopic (exact) mass is 437 g/mol. The molecule has 0 unspecified atom stereocenters. The summed E-state index contributed by atoms with van der Waals surface area (Å²) in [5.74, 6) is -0.502. The summed E-state index contributed by atoms with van der Waals surface area (Å²) in [7, 11) is 0. The summed E-state index contributed by atoms with van der Waals surface area (Å²) >= 11 is 1.61. The Balaban J connectivity index is 1.37. The summed E-state index contributed by atoms with van der Waals surface area (Å²) in [4.78, 5) is 31.5. The molecular formula is C26H19N3O2S. The van der Waals surface area contributed by atoms with Crippen molar-refractivity contribution in [2.75, 3.05) is 5.32 Å². The number of hydrogen-bond acceptors (Lipinski definition) is 4. The van der Waals surface area contributed by atoms with Crippen LogP contribution in [0.25, 0.3) is 16.2 Å². The fraction of sp³-hybridized carbons (Fsp3) is 0.0385. The number of amides is 1. The number of aryl methyl sites for hydroxylation is 1. The lowest BCUT2D eigenvalue weighted by Crippen LogP contribution is -2.16. The van der Waals surface area contributed by atoms with E-state index in [2.05, 4.69) is 20.1 Å². The number of imidazole rings is 1. The van der Waals surface area contributed by atoms with Gasteiger partial charge in [-0.15, -0.1) is 11.3 Å². The van der Waals surface area contributed by atoms with Crippen LogP contribution < -0.4 is 5.32 Å². The number of nitrogens with one attached hydrogen (secondary N) is 1. The Morgan fingerprint density at radius 1 is 0.875 bits per heavy atom. The van der Waals surface area contributed by atoms with Crippen molar-refractivity contribution >= 4 is 33.7 Å². The fourth-order valence-electron chi connectivity index (χ4n) is 3.58. The van der Waals surface area contributed by atoms with E-state index in [0.29, 0.717) is 22.4 Å². The van der Waals surface area contributed by atoms with E-state index >= 15 is 0 Å². The SMILES string of the molecule is Cc1csc2nc(-c3ccc(NC(=O)c4ccccc4C(=O)c4ccccc4)cc3)cn12. The van der Waals surface area contributed by atoms with E-state index in [0.717, 1.165) is 21.9 Å². The quantitative estimate of drug-likeness (QED) is 0.351. The molecule has 2 aromatic heterocycles. The molecule has 1 amide bonds. The third-order valence-corrected chi connectivity index (χ3v) is 6.24. The molecule has 2 heterocycles. The molecule has 0 fully saturated rings. The molecule has 5 aromatic rings. The molecular weight excluding hydrogens is 418 g/mol. The fourth-order valence-corrected chi connectivity index (χ4v) is 4.43. The summed E-state index contributed by atoms with van der Waals surface area (Å²) in [5, 5.41) is 4.97. The van der Waals surface area contributed by atoms with E-state index in [9.17, 15) is 9.59 Å². The van der Waals surface area contributed by atoms with Gasteiger partial charge in [-0.2, -0.15) is 0 Å². The molecule has 0 bridgehead atoms. The Morgan fingerprint density at radius 2 is 1.56 bits per heavy atom. The lowest BCUT2D eigenvalue weighted by Gasteiger charge is -2.10. The largest absolute Gasteiger partial charge is 0.322 e. The molecule has 0 aliphatic carbocycles. The molecule has 6 heteroatoms. The number of fused-ring (bicyclic) bond motifs is 1. The number of carbonyl (C=O) groups excluding carboxylic acids is 2. The topological polar surface area (TPSA) is 63.5 Å². The molecule has 156 valence electrons. The molecule has 0 saturated carbocycles. The van der Waals surface area contributed by atoms with Gasteiger partial charge in [-0.05, 0) is 25.1 Å². The smallest absolute Gasteiger partial charge is 0.256 e. The van der Waals surface area contributed by atoms with Gasteiger partial charge in [0, 0.05) is 39.6 Å². The van der Waals surface area contributed by atoms with Crippen LogP contribution in [0.3, 0.4) is 0 Å². The molecule has 1 N–H and O–H groups in total. The van der Waals surface area contributed by atoms with Crippen molar-refractivity contribution in [1.82, 2.24) is 9.38 Å². The Bertz CT molecular complexity index is 1430. The first kappa shape index (κ1) is 19.9. The Labute approximate surface area is 189 Å². The third-order valence-electron chi connectivity index (χ3n) is 5.28. The molecule has 0 aliphatic heterocycles. The van der Waals surface area contributed by atoms with Crippen LogP contribution in [0, 0.1) is 6.92 Å². The first-order chi connectivity index (χ1) is 15.6. The second kappa shape index (κ2) is 8.24. The van der Waals surface area contributed by atoms with Gasteiger partial charge in [-0.3, -0.25) is 14.0 Å². The number of carbonyl (C=O) groups is 2. The van der Waals surface area contributed by atoms with Crippen molar-refractivity contribution < 1.29 is 9.59 Å². The van der Waals surface area contributed by atoms with Crippen LogP contribution >= 0.6 is 11.3 Å². The highest BCUT2D eigenvalue weighted by Crippen LogP contribution is 2.25. The highest BCUT2D eigenvalue weighted by atomic mass is 32.1. The summed E-state index contributed by atoms with van der Waals surface area (Å²) in [6, 6.07) is 23.4. The zero-order valence-corrected chi connectivity index (χ0v) is 18.1. The Morgan fingerprint density at radius 3 is 2.28 bits per heavy atom. The van der Waals surface area contributed by atoms with Gasteiger partial charge >= 0.3 is 0 Å². The van der Waals surface area contributed by atoms with Crippen LogP contribution in [0.1, 0.15) is 32.0 Å². The zero-order valence-electron chi connectivity index (χ0n) is 17.3. The van der Waals surface area contributed by atoms with E-state index in [4.69, 9.17) is 0 Å². The van der Waals surface area contributed by atoms with Gasteiger partial charge < -0.3 is 5.32 Å². The highest BCUT2D eigenvalue weighted by Gasteiger charge is 2.18. The van der Waals surface area contributed by atoms with E-state index in [1.54, 1.807) is 47.7 Å². The minimum absolute atomic E-state index is 0.179. The first-order valence-corrected chi connectivity index (χ1v) is 11.0. The number of anilines is 1. The summed E-state index contributed by atoms with van der Waals surface area (Å²) in [6.45, 7) is 2.05. The number of nitrogens with zero attached hydrogens (tertiary/aromatic N) is 2. The van der Waals surface area contributed by atoms with Crippen LogP contribution in [-0.2, 0) is 0 Å². The molecule has 5 rings (SSSR count). The number of rotatable bonds is 5. The third kappa shape index (κ3) is 3.72. The van der Waals surface area contributed by atoms with Crippen molar-refractivity contribution in [2.45, 2.75) is 6.92 Å². The van der Waals surface area contributed by atoms with Crippen LogP contribution in [-0.4, -0.2) is 21.1 Å². The van der Waals surface area contributed by atoms with Crippen LogP contribution in [0.5, 0.6) is 0 Å². The molecule has 0 saturated heterocycles. The van der Waals surface area contributed by atoms with Gasteiger partial charge in [0.25, 0.3) is 5.91 Å². The summed E-state index contributed by atoms with van der Waals surface area (Å²) in [5.41, 5.74) is 4.92. The highest BCUT2D eigenvalue weighted by molar-refractivity contribution is 7.15. The van der Waals surface area contributed by atoms with Crippen molar-refractivity contribution in [3.05, 3.63) is 113 Å². The maximum atomic E-state index is 13.0. The average Bonchev–Trinajstić information content (AvgIpc) is 3.41. The molecule has 0 radical (unpaired) electrons. The summed E-state index contributed by atoms with van der Waals surface area (Å²) < 4.78 is 2.07. The second-order valence-electron chi connectivity index (χ2n) is 7.43. The van der Waals surface area contributed by atoms with Crippen LogP contribution in [0.4, 0.5) is 5.69 Å². The lowest BCUT2D eigenvalue weighted by molar-refractivity contribution is 0.0996. The predicted octanol–water partition coefficient (Wildman–Crippen LogP) is 5.85. The molecule has 32 heavy (non-hydrogen) atoms. The number of ketones is 1. The minimum atomic E-state index is -0.323. The van der Waals surface area contributed by atoms with E-state index in [1.807, 2.05) is 55.6 Å². The first-order valence-electron chi connectivity index (χ1n) is 10.1. The van der Waals surface area contributed by atoms with E-state index in [-0.39, 0.29) is 11.7 Å². The van der Waals surface area contributed by atoms with Gasteiger partial charge in [-0.1, -0.05) is 60.7 Å². The van der Waals surface area contributed by atoms with Crippen molar-refractivity contribution in [1.29, 1.82) is 0 Å². The molecule has 0 atom stereocenters. The van der Waals surface area contributed by atoms with Crippen molar-refractivity contribution in [3.8, 4) is 11.3 Å². The Kier molecular flexibility index (Phi) is 5.13. The summed E-state index contributed by atoms with van der Waals surface area (Å²) in [6.07, 6.45) is 2.01. The lowest BCUT2D eigenvalue weighted by atomic mass is 9.98. The maximum Gasteiger partial charge on any atom is 0.256 e. The van der Waals surface area contributed by atoms with E-state index < -0.39 is 0 Å². The van der Waals surface area contributed by atoms with Crippen LogP contribution in [0.2, 0.25) is 0 Å². The average molecular weight is 438 g/mol. The number of aromatic nitrogens is 2. The standard InChI is InChI=1S/C26H19N3O2S/c1-17-16-32-26-28-23(15-29(17)26)18-11-13-20(14-12-18)27-25(31)22-10-6-5-9-21(22)24(30)19-7-3-2-4-8-19/h2-16H,1H3,(H,27,31). The number of hydrogen-bond donors (Lipinski definition) is 1. The van der Waals surface area contributed by atoms with E-state index in [1.165, 1.54) is 0 Å². The minimum Gasteiger partial charge on any atom is -0.322 e. The second-order valence-corrected chi connectivity index (χ2v) is 8.26. The zero-order chi connectivity index (χ0) is 22.1. The number of thiazole rings is 1. The number of benzene rings is 3. The predicted molar refractivity (Wildman–Crippen MR) is 128 cm³/mol. The molecule has 3 aromatic carbocycles.